The van der Waals surface area contributed by atoms with Gasteiger partial charge in [-0.2, -0.15) is 5.26 Å². The fourth-order valence-electron chi connectivity index (χ4n) is 2.92. The van der Waals surface area contributed by atoms with E-state index in [1.54, 1.807) is 18.3 Å². The molecule has 2 aromatic rings. The highest BCUT2D eigenvalue weighted by Gasteiger charge is 2.16. The first-order chi connectivity index (χ1) is 11.7. The summed E-state index contributed by atoms with van der Waals surface area (Å²) in [7, 11) is 0. The van der Waals surface area contributed by atoms with Crippen LogP contribution in [0.1, 0.15) is 24.0 Å². The molecule has 0 radical (unpaired) electrons. The van der Waals surface area contributed by atoms with Crippen LogP contribution in [0.3, 0.4) is 0 Å². The summed E-state index contributed by atoms with van der Waals surface area (Å²) in [6.07, 6.45) is 4.33. The molecular weight excluding hydrogens is 300 g/mol. The van der Waals surface area contributed by atoms with Crippen molar-refractivity contribution in [2.75, 3.05) is 25.0 Å². The summed E-state index contributed by atoms with van der Waals surface area (Å²) >= 11 is 0. The first-order valence-corrected chi connectivity index (χ1v) is 8.36. The van der Waals surface area contributed by atoms with Gasteiger partial charge in [0.05, 0.1) is 11.7 Å². The number of hydrogen-bond acceptors (Lipinski definition) is 5. The lowest BCUT2D eigenvalue weighted by molar-refractivity contribution is 0.0832. The zero-order valence-electron chi connectivity index (χ0n) is 13.7. The summed E-state index contributed by atoms with van der Waals surface area (Å²) in [5.41, 5.74) is 2.75. The lowest BCUT2D eigenvalue weighted by Gasteiger charge is -2.29. The van der Waals surface area contributed by atoms with Crippen molar-refractivity contribution in [1.29, 1.82) is 5.26 Å². The molecule has 2 N–H and O–H groups in total. The number of benzene rings is 1. The van der Waals surface area contributed by atoms with E-state index in [1.165, 1.54) is 5.56 Å². The Kier molecular flexibility index (Phi) is 5.42. The van der Waals surface area contributed by atoms with Gasteiger partial charge in [0, 0.05) is 31.5 Å². The van der Waals surface area contributed by atoms with Gasteiger partial charge in [-0.15, -0.1) is 0 Å². The molecule has 0 spiro atoms. The third-order valence-electron chi connectivity index (χ3n) is 4.42. The monoisotopic (exact) mass is 322 g/mol. The van der Waals surface area contributed by atoms with Crippen LogP contribution in [0.4, 0.5) is 11.5 Å². The molecule has 1 aliphatic rings. The predicted molar refractivity (Wildman–Crippen MR) is 94.1 cm³/mol. The average Bonchev–Trinajstić information content (AvgIpc) is 2.63. The second-order valence-corrected chi connectivity index (χ2v) is 6.16. The topological polar surface area (TPSA) is 72.2 Å². The van der Waals surface area contributed by atoms with E-state index in [0.29, 0.717) is 11.4 Å². The summed E-state index contributed by atoms with van der Waals surface area (Å²) in [6.45, 7) is 2.99. The van der Waals surface area contributed by atoms with E-state index in [9.17, 15) is 5.11 Å². The van der Waals surface area contributed by atoms with Gasteiger partial charge in [-0.3, -0.25) is 0 Å². The number of aliphatic hydroxyl groups is 1. The molecule has 124 valence electrons. The number of nitrogens with zero attached hydrogens (tertiary/aromatic N) is 3. The number of aliphatic hydroxyl groups excluding tert-OH is 1. The third kappa shape index (κ3) is 4.31. The van der Waals surface area contributed by atoms with Gasteiger partial charge < -0.3 is 15.3 Å². The van der Waals surface area contributed by atoms with E-state index in [-0.39, 0.29) is 6.10 Å². The van der Waals surface area contributed by atoms with E-state index in [4.69, 9.17) is 5.26 Å². The van der Waals surface area contributed by atoms with Crippen molar-refractivity contribution in [2.24, 2.45) is 0 Å². The Balaban J connectivity index is 1.55. The number of pyridine rings is 1. The van der Waals surface area contributed by atoms with Gasteiger partial charge in [0.2, 0.25) is 0 Å². The minimum Gasteiger partial charge on any atom is -0.393 e. The van der Waals surface area contributed by atoms with E-state index in [0.717, 1.165) is 44.6 Å². The van der Waals surface area contributed by atoms with Crippen molar-refractivity contribution in [3.8, 4) is 6.07 Å². The summed E-state index contributed by atoms with van der Waals surface area (Å²) in [6, 6.07) is 13.9. The molecule has 1 saturated heterocycles. The summed E-state index contributed by atoms with van der Waals surface area (Å²) < 4.78 is 0. The number of nitrogens with one attached hydrogen (secondary N) is 1. The van der Waals surface area contributed by atoms with Crippen LogP contribution in [0.15, 0.2) is 42.6 Å². The molecule has 0 bridgehead atoms. The zero-order valence-corrected chi connectivity index (χ0v) is 13.7. The van der Waals surface area contributed by atoms with Gasteiger partial charge >= 0.3 is 0 Å². The van der Waals surface area contributed by atoms with Crippen LogP contribution in [0.2, 0.25) is 0 Å². The van der Waals surface area contributed by atoms with Crippen molar-refractivity contribution < 1.29 is 5.11 Å². The number of piperidine rings is 1. The molecule has 5 heteroatoms. The van der Waals surface area contributed by atoms with Crippen LogP contribution in [0.25, 0.3) is 0 Å². The minimum atomic E-state index is -0.114. The van der Waals surface area contributed by atoms with Crippen LogP contribution in [-0.2, 0) is 6.42 Å². The Bertz CT molecular complexity index is 700. The molecule has 0 atom stereocenters. The van der Waals surface area contributed by atoms with Crippen LogP contribution < -0.4 is 5.32 Å². The molecular formula is C19H22N4O. The van der Waals surface area contributed by atoms with Crippen molar-refractivity contribution in [3.63, 3.8) is 0 Å². The maximum Gasteiger partial charge on any atom is 0.148 e. The number of anilines is 2. The fourth-order valence-corrected chi connectivity index (χ4v) is 2.92. The summed E-state index contributed by atoms with van der Waals surface area (Å²) in [5, 5.41) is 21.8. The van der Waals surface area contributed by atoms with Crippen LogP contribution in [-0.4, -0.2) is 40.7 Å². The highest BCUT2D eigenvalue weighted by Crippen LogP contribution is 2.19. The van der Waals surface area contributed by atoms with Gasteiger partial charge in [-0.25, -0.2) is 4.98 Å². The van der Waals surface area contributed by atoms with Crippen LogP contribution in [0, 0.1) is 11.3 Å². The zero-order chi connectivity index (χ0) is 16.8. The molecule has 0 amide bonds. The second kappa shape index (κ2) is 7.91. The van der Waals surface area contributed by atoms with Crippen LogP contribution >= 0.6 is 0 Å². The normalized spacial score (nSPS) is 15.8. The van der Waals surface area contributed by atoms with Gasteiger partial charge in [-0.1, -0.05) is 12.1 Å². The number of aromatic nitrogens is 1. The molecule has 0 aliphatic carbocycles. The van der Waals surface area contributed by atoms with Gasteiger partial charge in [-0.05, 0) is 49.1 Å². The highest BCUT2D eigenvalue weighted by molar-refractivity contribution is 5.62. The number of likely N-dealkylation sites (tertiary alicyclic amines) is 1. The molecule has 5 nitrogen and oxygen atoms in total. The van der Waals surface area contributed by atoms with Gasteiger partial charge in [0.25, 0.3) is 0 Å². The summed E-state index contributed by atoms with van der Waals surface area (Å²) in [4.78, 5) is 6.62. The standard InChI is InChI=1S/C19H22N4O/c20-14-16-2-1-10-21-19(16)22-17-5-3-15(4-6-17)7-11-23-12-8-18(24)9-13-23/h1-6,10,18,24H,7-9,11-13H2,(H,21,22). The average molecular weight is 322 g/mol. The molecule has 3 rings (SSSR count). The molecule has 1 fully saturated rings. The van der Waals surface area contributed by atoms with Crippen molar-refractivity contribution in [1.82, 2.24) is 9.88 Å². The Morgan fingerprint density at radius 3 is 2.67 bits per heavy atom. The molecule has 1 aliphatic heterocycles. The van der Waals surface area contributed by atoms with Gasteiger partial charge in [0.15, 0.2) is 0 Å². The Morgan fingerprint density at radius 2 is 1.96 bits per heavy atom. The Morgan fingerprint density at radius 1 is 1.21 bits per heavy atom. The van der Waals surface area contributed by atoms with E-state index >= 15 is 0 Å². The molecule has 24 heavy (non-hydrogen) atoms. The SMILES string of the molecule is N#Cc1cccnc1Nc1ccc(CCN2CCC(O)CC2)cc1. The lowest BCUT2D eigenvalue weighted by Crippen LogP contribution is -2.37. The number of nitriles is 1. The smallest absolute Gasteiger partial charge is 0.148 e. The predicted octanol–water partition coefficient (Wildman–Crippen LogP) is 2.70. The fraction of sp³-hybridized carbons (Fsp3) is 0.368. The molecule has 2 heterocycles. The molecule has 1 aromatic heterocycles. The first-order valence-electron chi connectivity index (χ1n) is 8.36. The van der Waals surface area contributed by atoms with E-state index < -0.39 is 0 Å². The Labute approximate surface area is 142 Å². The van der Waals surface area contributed by atoms with Crippen molar-refractivity contribution >= 4 is 11.5 Å². The van der Waals surface area contributed by atoms with Crippen molar-refractivity contribution in [3.05, 3.63) is 53.7 Å². The summed E-state index contributed by atoms with van der Waals surface area (Å²) in [5.74, 6) is 0.583. The quantitative estimate of drug-likeness (QED) is 0.885. The second-order valence-electron chi connectivity index (χ2n) is 6.16. The van der Waals surface area contributed by atoms with E-state index in [2.05, 4.69) is 33.4 Å². The molecule has 0 saturated carbocycles. The molecule has 1 aromatic carbocycles. The lowest BCUT2D eigenvalue weighted by atomic mass is 10.1. The van der Waals surface area contributed by atoms with Crippen molar-refractivity contribution in [2.45, 2.75) is 25.4 Å². The largest absolute Gasteiger partial charge is 0.393 e. The first kappa shape index (κ1) is 16.4. The maximum atomic E-state index is 9.54. The van der Waals surface area contributed by atoms with Crippen LogP contribution in [0.5, 0.6) is 0 Å². The number of rotatable bonds is 5. The van der Waals surface area contributed by atoms with E-state index in [1.807, 2.05) is 12.1 Å². The minimum absolute atomic E-state index is 0.114. The Hall–Kier alpha value is -2.42. The highest BCUT2D eigenvalue weighted by atomic mass is 16.3. The van der Waals surface area contributed by atoms with Gasteiger partial charge in [0.1, 0.15) is 11.9 Å². The maximum absolute atomic E-state index is 9.54. The molecule has 0 unspecified atom stereocenters. The number of hydrogen-bond donors (Lipinski definition) is 2. The third-order valence-corrected chi connectivity index (χ3v) is 4.42.